The molecule has 6 heterocycles. The summed E-state index contributed by atoms with van der Waals surface area (Å²) in [5, 5.41) is 29.9. The van der Waals surface area contributed by atoms with Crippen LogP contribution in [0.4, 0.5) is 17.1 Å². The van der Waals surface area contributed by atoms with Crippen LogP contribution in [0.1, 0.15) is 60.8 Å². The van der Waals surface area contributed by atoms with E-state index >= 15 is 0 Å². The second-order valence-electron chi connectivity index (χ2n) is 12.3. The Hall–Kier alpha value is -7.20. The summed E-state index contributed by atoms with van der Waals surface area (Å²) in [6.45, 7) is 15.0. The Kier molecular flexibility index (Phi) is 20.7. The van der Waals surface area contributed by atoms with Gasteiger partial charge < -0.3 is 35.0 Å². The number of nitro groups is 2. The third-order valence-electron chi connectivity index (χ3n) is 8.38. The molecule has 6 aliphatic heterocycles. The highest BCUT2D eigenvalue weighted by molar-refractivity contribution is 6.30. The number of hydrogen-bond acceptors (Lipinski definition) is 14. The van der Waals surface area contributed by atoms with E-state index in [1.165, 1.54) is 42.1 Å². The van der Waals surface area contributed by atoms with Crippen molar-refractivity contribution in [3.8, 4) is 17.2 Å². The quantitative estimate of drug-likeness (QED) is 0.103. The van der Waals surface area contributed by atoms with Crippen LogP contribution in [0.15, 0.2) is 158 Å². The molecule has 0 spiro atoms. The van der Waals surface area contributed by atoms with Crippen molar-refractivity contribution in [2.75, 3.05) is 25.4 Å². The summed E-state index contributed by atoms with van der Waals surface area (Å²) in [4.78, 5) is 38.3. The van der Waals surface area contributed by atoms with Gasteiger partial charge in [0, 0.05) is 78.8 Å². The number of non-ortho nitro benzene ring substituents is 2. The fraction of sp³-hybridized carbons (Fsp3) is 0.267. The van der Waals surface area contributed by atoms with Gasteiger partial charge >= 0.3 is 0 Å². The summed E-state index contributed by atoms with van der Waals surface area (Å²) in [7, 11) is 0. The molecular weight excluding hydrogens is 814 g/mol. The molecule has 0 amide bonds. The van der Waals surface area contributed by atoms with Crippen LogP contribution in [0.25, 0.3) is 0 Å². The summed E-state index contributed by atoms with van der Waals surface area (Å²) in [5.41, 5.74) is 9.78. The van der Waals surface area contributed by atoms with Gasteiger partial charge in [-0.3, -0.25) is 20.2 Å². The summed E-state index contributed by atoms with van der Waals surface area (Å²) in [6.07, 6.45) is 20.6. The van der Waals surface area contributed by atoms with Crippen LogP contribution in [0.5, 0.6) is 17.2 Å². The molecule has 0 fully saturated rings. The molecule has 16 nitrogen and oxygen atoms in total. The maximum Gasteiger partial charge on any atom is 0.269 e. The summed E-state index contributed by atoms with van der Waals surface area (Å²) in [6, 6.07) is 18.3. The zero-order valence-corrected chi connectivity index (χ0v) is 36.6. The van der Waals surface area contributed by atoms with Crippen LogP contribution in [0, 0.1) is 20.2 Å². The van der Waals surface area contributed by atoms with Crippen molar-refractivity contribution in [2.45, 2.75) is 60.8 Å². The van der Waals surface area contributed by atoms with Crippen LogP contribution in [0.3, 0.4) is 0 Å². The average Bonchev–Trinajstić information content (AvgIpc) is 4.09. The van der Waals surface area contributed by atoms with Gasteiger partial charge in [-0.05, 0) is 73.9 Å². The zero-order chi connectivity index (χ0) is 45.4. The molecule has 0 aliphatic carbocycles. The van der Waals surface area contributed by atoms with Gasteiger partial charge in [-0.2, -0.15) is 0 Å². The number of benzene rings is 3. The number of phenols is 1. The number of nitrogen functional groups attached to an aromatic ring is 1. The van der Waals surface area contributed by atoms with Gasteiger partial charge in [-0.1, -0.05) is 71.4 Å². The van der Waals surface area contributed by atoms with Crippen molar-refractivity contribution in [1.82, 2.24) is 14.7 Å². The molecule has 0 saturated carbocycles. The van der Waals surface area contributed by atoms with Gasteiger partial charge in [0.1, 0.15) is 22.4 Å². The second kappa shape index (κ2) is 26.1. The Balaban J connectivity index is 0.000000218. The lowest BCUT2D eigenvalue weighted by atomic mass is 10.3. The number of halogens is 1. The molecule has 6 aliphatic rings. The number of nitrogens with two attached hydrogens (primary N) is 1. The van der Waals surface area contributed by atoms with E-state index < -0.39 is 9.85 Å². The molecule has 328 valence electrons. The maximum absolute atomic E-state index is 10.5. The minimum Gasteiger partial charge on any atom is -0.508 e. The van der Waals surface area contributed by atoms with E-state index in [0.717, 1.165) is 61.7 Å². The van der Waals surface area contributed by atoms with Crippen LogP contribution in [-0.2, 0) is 0 Å². The molecule has 3 aromatic rings. The zero-order valence-electron chi connectivity index (χ0n) is 35.8. The predicted octanol–water partition coefficient (Wildman–Crippen LogP) is 10.6. The highest BCUT2D eigenvalue weighted by atomic mass is 35.5. The van der Waals surface area contributed by atoms with Gasteiger partial charge in [-0.25, -0.2) is 15.0 Å². The highest BCUT2D eigenvalue weighted by Crippen LogP contribution is 2.26. The Morgan fingerprint density at radius 1 is 0.581 bits per heavy atom. The van der Waals surface area contributed by atoms with E-state index in [1.807, 2.05) is 95.3 Å². The number of aromatic hydroxyl groups is 1. The van der Waals surface area contributed by atoms with Gasteiger partial charge in [0.25, 0.3) is 11.4 Å². The number of aliphatic imine (C=N–C) groups is 3. The first kappa shape index (κ1) is 49.2. The molecular formula is C45H54ClN9O7. The Morgan fingerprint density at radius 2 is 0.935 bits per heavy atom. The molecule has 0 radical (unpaired) electrons. The lowest BCUT2D eigenvalue weighted by molar-refractivity contribution is -0.385. The molecule has 0 saturated heterocycles. The minimum absolute atomic E-state index is 0.0159. The number of rotatable bonds is 6. The number of nitro benzene ring substituents is 2. The number of nitrogens with zero attached hydrogens (tertiary/aromatic N) is 8. The fourth-order valence-electron chi connectivity index (χ4n) is 5.56. The molecule has 3 N–H and O–H groups in total. The van der Waals surface area contributed by atoms with Gasteiger partial charge in [-0.15, -0.1) is 0 Å². The molecule has 0 aromatic heterocycles. The lowest BCUT2D eigenvalue weighted by Gasteiger charge is -2.19. The number of hydrogen-bond donors (Lipinski definition) is 2. The first-order valence-corrected chi connectivity index (χ1v) is 20.7. The van der Waals surface area contributed by atoms with E-state index in [9.17, 15) is 20.2 Å². The van der Waals surface area contributed by atoms with E-state index in [4.69, 9.17) is 31.9 Å². The van der Waals surface area contributed by atoms with Crippen molar-refractivity contribution in [3.63, 3.8) is 0 Å². The number of anilines is 1. The monoisotopic (exact) mass is 867 g/mol. The van der Waals surface area contributed by atoms with Crippen LogP contribution >= 0.6 is 11.6 Å². The van der Waals surface area contributed by atoms with Gasteiger partial charge in [0.2, 0.25) is 11.8 Å². The number of ether oxygens (including phenoxy) is 2. The summed E-state index contributed by atoms with van der Waals surface area (Å²) >= 11 is 5.68. The van der Waals surface area contributed by atoms with Gasteiger partial charge in [0.05, 0.1) is 28.9 Å². The Labute approximate surface area is 367 Å². The largest absolute Gasteiger partial charge is 0.508 e. The van der Waals surface area contributed by atoms with E-state index in [-0.39, 0.29) is 17.1 Å². The van der Waals surface area contributed by atoms with Gasteiger partial charge in [0.15, 0.2) is 0 Å². The Morgan fingerprint density at radius 3 is 1.34 bits per heavy atom. The highest BCUT2D eigenvalue weighted by Gasteiger charge is 2.18. The lowest BCUT2D eigenvalue weighted by Crippen LogP contribution is -2.20. The molecule has 3 aromatic carbocycles. The minimum atomic E-state index is -0.514. The van der Waals surface area contributed by atoms with Crippen LogP contribution in [-0.4, -0.2) is 68.3 Å². The first-order valence-electron chi connectivity index (χ1n) is 20.3. The standard InChI is InChI=1S/C13H11N3O3.C13H13N3O.C7H7ClN2.C6H5NO3.3C2H6/c17-16(18)10-3-5-12(6-4-10)19-13-8-11-2-1-7-15(11)9-14-13;14-10-3-5-12(6-4-10)17-13-8-11-2-1-7-16(11)9-15-13;8-7-4-6-2-1-3-10(6)5-9-7;8-6-3-1-5(2-4-6)7(9)10;3*1-2/h2-6,8-9H,1,7H2;2-6,8-9H,1,7,14H2;2,4-5H,1,3H2;1-4,8H;3*1-2H3. The second-order valence-corrected chi connectivity index (χ2v) is 12.7. The summed E-state index contributed by atoms with van der Waals surface area (Å²) in [5.74, 6) is 2.40. The Bertz CT molecular complexity index is 2210. The van der Waals surface area contributed by atoms with Crippen LogP contribution < -0.4 is 15.2 Å². The molecule has 0 atom stereocenters. The fourth-order valence-corrected chi connectivity index (χ4v) is 5.71. The SMILES string of the molecule is CC.CC.CC.ClC1=CC2=CCCN2C=N1.Nc1ccc(OC2=CC3=CCCN3C=N2)cc1.O=[N+]([O-])c1ccc(O)cc1.O=[N+]([O-])c1ccc(OC2=CC3=CCCN3C=N2)cc1. The molecule has 0 unspecified atom stereocenters. The first-order chi connectivity index (χ1) is 30.1. The van der Waals surface area contributed by atoms with Crippen molar-refractivity contribution >= 4 is 47.7 Å². The predicted molar refractivity (Wildman–Crippen MR) is 248 cm³/mol. The third-order valence-corrected chi connectivity index (χ3v) is 8.58. The normalized spacial score (nSPS) is 15.3. The van der Waals surface area contributed by atoms with Crippen molar-refractivity contribution in [1.29, 1.82) is 0 Å². The van der Waals surface area contributed by atoms with E-state index in [2.05, 4.69) is 43.0 Å². The molecule has 0 bridgehead atoms. The number of allylic oxidation sites excluding steroid dienone is 3. The molecule has 17 heteroatoms. The van der Waals surface area contributed by atoms with E-state index in [0.29, 0.717) is 22.7 Å². The molecule has 9 rings (SSSR count). The maximum atomic E-state index is 10.5. The van der Waals surface area contributed by atoms with Crippen molar-refractivity contribution in [3.05, 3.63) is 163 Å². The average molecular weight is 868 g/mol. The van der Waals surface area contributed by atoms with Crippen molar-refractivity contribution < 1.29 is 24.4 Å². The van der Waals surface area contributed by atoms with Crippen molar-refractivity contribution in [2.24, 2.45) is 15.0 Å². The summed E-state index contributed by atoms with van der Waals surface area (Å²) < 4.78 is 11.2. The molecule has 62 heavy (non-hydrogen) atoms. The smallest absolute Gasteiger partial charge is 0.269 e. The number of phenolic OH excluding ortho intramolecular Hbond substituents is 1. The topological polar surface area (TPSA) is 198 Å². The van der Waals surface area contributed by atoms with Crippen LogP contribution in [0.2, 0.25) is 0 Å². The number of fused-ring (bicyclic) bond motifs is 3. The van der Waals surface area contributed by atoms with E-state index in [1.54, 1.807) is 24.8 Å². The third kappa shape index (κ3) is 15.4.